The molecule has 2 saturated heterocycles. The average molecular weight is 540 g/mol. The predicted octanol–water partition coefficient (Wildman–Crippen LogP) is 2.98. The summed E-state index contributed by atoms with van der Waals surface area (Å²) in [6, 6.07) is 17.8. The lowest BCUT2D eigenvalue weighted by Gasteiger charge is -2.32. The third kappa shape index (κ3) is 7.93. The number of nitrogens with one attached hydrogen (secondary N) is 1. The summed E-state index contributed by atoms with van der Waals surface area (Å²) >= 11 is 0. The van der Waals surface area contributed by atoms with Crippen LogP contribution in [0.4, 0.5) is 15.3 Å². The second-order valence-corrected chi connectivity index (χ2v) is 10.4. The minimum atomic E-state index is -1.11. The SMILES string of the molecule is CC(C)CN(CC(O)C(Cc1ccccc1)NC(=O)OC1CCOC1)C(=O)C1CN(c2ccccc2)C(=O)O1. The number of rotatable bonds is 11. The number of carbonyl (C=O) groups excluding carboxylic acids is 3. The van der Waals surface area contributed by atoms with E-state index in [4.69, 9.17) is 14.2 Å². The lowest BCUT2D eigenvalue weighted by molar-refractivity contribution is -0.140. The molecule has 0 aromatic heterocycles. The Morgan fingerprint density at radius 3 is 2.44 bits per heavy atom. The van der Waals surface area contributed by atoms with Gasteiger partial charge < -0.3 is 29.5 Å². The number of aliphatic hydroxyl groups is 1. The highest BCUT2D eigenvalue weighted by atomic mass is 16.6. The second kappa shape index (κ2) is 13.4. The van der Waals surface area contributed by atoms with Crippen LogP contribution in [0.5, 0.6) is 0 Å². The monoisotopic (exact) mass is 539 g/mol. The normalized spacial score (nSPS) is 20.4. The fourth-order valence-corrected chi connectivity index (χ4v) is 4.76. The van der Waals surface area contributed by atoms with Gasteiger partial charge in [0.2, 0.25) is 0 Å². The Morgan fingerprint density at radius 1 is 1.10 bits per heavy atom. The number of anilines is 1. The third-order valence-corrected chi connectivity index (χ3v) is 6.69. The van der Waals surface area contributed by atoms with Crippen molar-refractivity contribution in [2.24, 2.45) is 5.92 Å². The van der Waals surface area contributed by atoms with Crippen LogP contribution in [0.2, 0.25) is 0 Å². The number of hydrogen-bond acceptors (Lipinski definition) is 7. The van der Waals surface area contributed by atoms with E-state index in [1.54, 1.807) is 12.1 Å². The molecule has 2 N–H and O–H groups in total. The van der Waals surface area contributed by atoms with Gasteiger partial charge in [0.25, 0.3) is 5.91 Å². The molecule has 2 aliphatic heterocycles. The fourth-order valence-electron chi connectivity index (χ4n) is 4.76. The van der Waals surface area contributed by atoms with Crippen molar-refractivity contribution in [3.8, 4) is 0 Å². The van der Waals surface area contributed by atoms with Gasteiger partial charge in [-0.25, -0.2) is 9.59 Å². The number of ether oxygens (including phenoxy) is 3. The summed E-state index contributed by atoms with van der Waals surface area (Å²) in [6.45, 7) is 5.17. The highest BCUT2D eigenvalue weighted by Crippen LogP contribution is 2.23. The molecule has 0 bridgehead atoms. The van der Waals surface area contributed by atoms with Crippen molar-refractivity contribution in [3.05, 3.63) is 66.2 Å². The van der Waals surface area contributed by atoms with Crippen LogP contribution in [-0.4, -0.2) is 85.3 Å². The molecule has 0 spiro atoms. The first-order valence-electron chi connectivity index (χ1n) is 13.4. The molecule has 3 amide bonds. The number of benzene rings is 2. The molecule has 0 saturated carbocycles. The zero-order valence-electron chi connectivity index (χ0n) is 22.4. The molecule has 210 valence electrons. The van der Waals surface area contributed by atoms with E-state index in [1.165, 1.54) is 9.80 Å². The Labute approximate surface area is 228 Å². The van der Waals surface area contributed by atoms with E-state index in [9.17, 15) is 19.5 Å². The molecule has 4 atom stereocenters. The summed E-state index contributed by atoms with van der Waals surface area (Å²) in [4.78, 5) is 41.7. The molecule has 39 heavy (non-hydrogen) atoms. The van der Waals surface area contributed by atoms with Crippen LogP contribution in [-0.2, 0) is 25.4 Å². The van der Waals surface area contributed by atoms with Gasteiger partial charge >= 0.3 is 12.2 Å². The van der Waals surface area contributed by atoms with Crippen molar-refractivity contribution >= 4 is 23.8 Å². The Morgan fingerprint density at radius 2 is 1.79 bits per heavy atom. The number of aliphatic hydroxyl groups excluding tert-OH is 1. The van der Waals surface area contributed by atoms with Crippen molar-refractivity contribution in [1.82, 2.24) is 10.2 Å². The van der Waals surface area contributed by atoms with Crippen LogP contribution >= 0.6 is 0 Å². The van der Waals surface area contributed by atoms with Crippen molar-refractivity contribution in [3.63, 3.8) is 0 Å². The average Bonchev–Trinajstić information content (AvgIpc) is 3.57. The van der Waals surface area contributed by atoms with Crippen molar-refractivity contribution in [2.75, 3.05) is 37.7 Å². The molecule has 10 nitrogen and oxygen atoms in total. The second-order valence-electron chi connectivity index (χ2n) is 10.4. The summed E-state index contributed by atoms with van der Waals surface area (Å²) in [5, 5.41) is 14.1. The summed E-state index contributed by atoms with van der Waals surface area (Å²) in [7, 11) is 0. The largest absolute Gasteiger partial charge is 0.444 e. The zero-order valence-corrected chi connectivity index (χ0v) is 22.4. The lowest BCUT2D eigenvalue weighted by atomic mass is 10.0. The molecule has 2 fully saturated rings. The van der Waals surface area contributed by atoms with Gasteiger partial charge in [-0.2, -0.15) is 0 Å². The summed E-state index contributed by atoms with van der Waals surface area (Å²) in [5.41, 5.74) is 1.56. The number of cyclic esters (lactones) is 1. The van der Waals surface area contributed by atoms with Crippen molar-refractivity contribution in [1.29, 1.82) is 0 Å². The first-order chi connectivity index (χ1) is 18.8. The summed E-state index contributed by atoms with van der Waals surface area (Å²) < 4.78 is 16.2. The van der Waals surface area contributed by atoms with Gasteiger partial charge in [0.05, 0.1) is 31.9 Å². The Bertz CT molecular complexity index is 1090. The molecule has 2 aliphatic rings. The van der Waals surface area contributed by atoms with Crippen molar-refractivity contribution in [2.45, 2.75) is 51.0 Å². The van der Waals surface area contributed by atoms with E-state index >= 15 is 0 Å². The topological polar surface area (TPSA) is 118 Å². The van der Waals surface area contributed by atoms with Gasteiger partial charge in [-0.15, -0.1) is 0 Å². The number of alkyl carbamates (subject to hydrolysis) is 1. The molecule has 4 unspecified atom stereocenters. The minimum Gasteiger partial charge on any atom is -0.444 e. The maximum Gasteiger partial charge on any atom is 0.415 e. The molecule has 2 heterocycles. The first kappa shape index (κ1) is 28.4. The van der Waals surface area contributed by atoms with Crippen molar-refractivity contribution < 1.29 is 33.7 Å². The molecule has 2 aromatic carbocycles. The first-order valence-corrected chi connectivity index (χ1v) is 13.4. The number of para-hydroxylation sites is 1. The molecular formula is C29H37N3O7. The Kier molecular flexibility index (Phi) is 9.78. The maximum absolute atomic E-state index is 13.6. The predicted molar refractivity (Wildman–Crippen MR) is 144 cm³/mol. The minimum absolute atomic E-state index is 0.0548. The molecule has 2 aromatic rings. The summed E-state index contributed by atoms with van der Waals surface area (Å²) in [5.74, 6) is -0.296. The highest BCUT2D eigenvalue weighted by Gasteiger charge is 2.40. The highest BCUT2D eigenvalue weighted by molar-refractivity contribution is 5.95. The van der Waals surface area contributed by atoms with E-state index in [1.807, 2.05) is 62.4 Å². The van der Waals surface area contributed by atoms with E-state index in [-0.39, 0.29) is 25.1 Å². The van der Waals surface area contributed by atoms with E-state index in [0.717, 1.165) is 5.56 Å². The maximum atomic E-state index is 13.6. The lowest BCUT2D eigenvalue weighted by Crippen LogP contribution is -2.53. The van der Waals surface area contributed by atoms with Gasteiger partial charge in [-0.3, -0.25) is 9.69 Å². The van der Waals surface area contributed by atoms with Crippen LogP contribution in [0, 0.1) is 5.92 Å². The molecular weight excluding hydrogens is 502 g/mol. The number of nitrogens with zero attached hydrogens (tertiary/aromatic N) is 2. The van der Waals surface area contributed by atoms with Gasteiger partial charge in [0.1, 0.15) is 6.10 Å². The third-order valence-electron chi connectivity index (χ3n) is 6.69. The summed E-state index contributed by atoms with van der Waals surface area (Å²) in [6.07, 6.45) is -2.72. The van der Waals surface area contributed by atoms with Gasteiger partial charge in [-0.05, 0) is 30.0 Å². The number of hydrogen-bond donors (Lipinski definition) is 2. The zero-order chi connectivity index (χ0) is 27.8. The standard InChI is InChI=1S/C29H37N3O7/c1-20(2)16-31(27(34)26-18-32(29(36)39-26)22-11-7-4-8-12-22)17-25(33)24(15-21-9-5-3-6-10-21)30-28(35)38-23-13-14-37-19-23/h3-12,20,23-26,33H,13-19H2,1-2H3,(H,30,35). The molecule has 10 heteroatoms. The van der Waals surface area contributed by atoms with Crippen LogP contribution in [0.1, 0.15) is 25.8 Å². The smallest absolute Gasteiger partial charge is 0.415 e. The van der Waals surface area contributed by atoms with Crippen LogP contribution in [0.25, 0.3) is 0 Å². The van der Waals surface area contributed by atoms with Gasteiger partial charge in [-0.1, -0.05) is 62.4 Å². The fraction of sp³-hybridized carbons (Fsp3) is 0.483. The quantitative estimate of drug-likeness (QED) is 0.451. The number of amides is 3. The van der Waals surface area contributed by atoms with E-state index in [0.29, 0.717) is 38.3 Å². The Hall–Kier alpha value is -3.63. The van der Waals surface area contributed by atoms with Crippen LogP contribution in [0.15, 0.2) is 60.7 Å². The van der Waals surface area contributed by atoms with Gasteiger partial charge in [0.15, 0.2) is 6.10 Å². The molecule has 4 rings (SSSR count). The van der Waals surface area contributed by atoms with E-state index < -0.39 is 36.3 Å². The van der Waals surface area contributed by atoms with Gasteiger partial charge in [0, 0.05) is 25.2 Å². The number of carbonyl (C=O) groups is 3. The Balaban J connectivity index is 1.46. The van der Waals surface area contributed by atoms with Crippen LogP contribution in [0.3, 0.4) is 0 Å². The van der Waals surface area contributed by atoms with Crippen LogP contribution < -0.4 is 10.2 Å². The van der Waals surface area contributed by atoms with E-state index in [2.05, 4.69) is 5.32 Å². The molecule has 0 radical (unpaired) electrons. The molecule has 0 aliphatic carbocycles.